The maximum Gasteiger partial charge on any atom is 0.312 e. The lowest BCUT2D eigenvalue weighted by Gasteiger charge is -2.39. The Labute approximate surface area is 390 Å². The molecule has 3 aliphatic heterocycles. The molecule has 1 saturated carbocycles. The van der Waals surface area contributed by atoms with E-state index in [-0.39, 0.29) is 79.3 Å². The van der Waals surface area contributed by atoms with Gasteiger partial charge in [0.05, 0.1) is 29.4 Å². The maximum atomic E-state index is 14.8. The van der Waals surface area contributed by atoms with Crippen molar-refractivity contribution in [2.24, 2.45) is 35.5 Å². The summed E-state index contributed by atoms with van der Waals surface area (Å²) in [6, 6.07) is 5.77. The second-order valence-corrected chi connectivity index (χ2v) is 19.4. The quantitative estimate of drug-likeness (QED) is 0.0726. The molecular weight excluding hydrogens is 859 g/mol. The molecule has 3 N–H and O–H groups in total. The Kier molecular flexibility index (Phi) is 13.3. The fourth-order valence-electron chi connectivity index (χ4n) is 10.7. The first-order valence-electron chi connectivity index (χ1n) is 23.4. The minimum Gasteiger partial charge on any atom is -0.505 e. The van der Waals surface area contributed by atoms with Gasteiger partial charge in [0.1, 0.15) is 40.9 Å². The van der Waals surface area contributed by atoms with E-state index >= 15 is 0 Å². The van der Waals surface area contributed by atoms with Crippen LogP contribution in [0, 0.1) is 42.4 Å². The molecule has 3 aromatic carbocycles. The third kappa shape index (κ3) is 8.81. The number of nitrogens with zero attached hydrogens (tertiary/aromatic N) is 2. The highest BCUT2D eigenvalue weighted by molar-refractivity contribution is 6.26. The smallest absolute Gasteiger partial charge is 0.312 e. The largest absolute Gasteiger partial charge is 0.505 e. The van der Waals surface area contributed by atoms with Crippen LogP contribution in [-0.2, 0) is 23.8 Å². The van der Waals surface area contributed by atoms with Crippen molar-refractivity contribution in [2.45, 2.75) is 112 Å². The molecule has 11 atom stereocenters. The molecule has 0 spiro atoms. The van der Waals surface area contributed by atoms with Crippen molar-refractivity contribution in [2.75, 3.05) is 32.1 Å². The standard InChI is InChI=1S/C52H63N3O12/c1-25-12-11-13-26(2)51(61)54-43-46(59)40-39(42-49(43)66-38-23-35(16-17-36(38)53-42)63-21-19-55-24-33-14-15-34(55)22-33)41-48(31(7)45(40)58)67-52(9,50(41)60)64-20-18-37(62-10)30(6)47(65-32(8)56)29(5)27(3)28(4)44(25)57/h11-13,16-18,20,23,25,27-30,33-34,37,44,47,57,59H,14-15,19,21-22,24H2,1-10H3,(H,54,61)/b12-11+,20-18+,26-13-/t25-,27+,28-,29+,30+,33?,34?,37-,44-,47-,52-/m0/s1. The molecule has 1 aliphatic carbocycles. The van der Waals surface area contributed by atoms with E-state index in [0.29, 0.717) is 23.9 Å². The Morgan fingerprint density at radius 1 is 1.01 bits per heavy atom. The van der Waals surface area contributed by atoms with Crippen LogP contribution in [-0.4, -0.2) is 94.7 Å². The predicted molar refractivity (Wildman–Crippen MR) is 253 cm³/mol. The molecule has 0 radical (unpaired) electrons. The van der Waals surface area contributed by atoms with Crippen molar-refractivity contribution in [3.8, 4) is 17.2 Å². The van der Waals surface area contributed by atoms with Gasteiger partial charge in [0.2, 0.25) is 0 Å². The molecule has 4 aromatic rings. The van der Waals surface area contributed by atoms with Crippen LogP contribution in [0.2, 0.25) is 0 Å². The lowest BCUT2D eigenvalue weighted by atomic mass is 9.73. The van der Waals surface area contributed by atoms with Gasteiger partial charge in [-0.1, -0.05) is 52.8 Å². The molecule has 15 nitrogen and oxygen atoms in total. The number of carbonyl (C=O) groups excluding carboxylic acids is 3. The first-order chi connectivity index (χ1) is 31.8. The van der Waals surface area contributed by atoms with E-state index in [1.165, 1.54) is 53.4 Å². The number of hydrogen-bond donors (Lipinski definition) is 3. The van der Waals surface area contributed by atoms with Crippen LogP contribution in [0.3, 0.4) is 0 Å². The molecule has 15 heteroatoms. The summed E-state index contributed by atoms with van der Waals surface area (Å²) in [5, 5.41) is 26.2. The lowest BCUT2D eigenvalue weighted by Crippen LogP contribution is -2.43. The van der Waals surface area contributed by atoms with Gasteiger partial charge in [-0.25, -0.2) is 4.98 Å². The second-order valence-electron chi connectivity index (χ2n) is 19.4. The van der Waals surface area contributed by atoms with Crippen LogP contribution >= 0.6 is 0 Å². The highest BCUT2D eigenvalue weighted by Gasteiger charge is 2.50. The number of aliphatic hydroxyl groups excluding tert-OH is 1. The molecule has 1 amide bonds. The number of likely N-dealkylation sites (tertiary alicyclic amines) is 1. The number of methoxy groups -OCH3 is 1. The molecule has 6 bridgehead atoms. The lowest BCUT2D eigenvalue weighted by molar-refractivity contribution is -0.157. The number of ether oxygens (including phenoxy) is 5. The van der Waals surface area contributed by atoms with E-state index in [0.717, 1.165) is 19.0 Å². The number of aromatic hydroxyl groups is 1. The van der Waals surface area contributed by atoms with Gasteiger partial charge >= 0.3 is 11.8 Å². The summed E-state index contributed by atoms with van der Waals surface area (Å²) in [6.45, 7) is 17.9. The summed E-state index contributed by atoms with van der Waals surface area (Å²) in [6.07, 6.45) is 9.57. The van der Waals surface area contributed by atoms with Crippen LogP contribution < -0.4 is 20.2 Å². The van der Waals surface area contributed by atoms with Gasteiger partial charge < -0.3 is 43.6 Å². The van der Waals surface area contributed by atoms with Gasteiger partial charge in [0.15, 0.2) is 22.3 Å². The van der Waals surface area contributed by atoms with Gasteiger partial charge in [0.25, 0.3) is 11.7 Å². The molecule has 67 heavy (non-hydrogen) atoms. The Hall–Kier alpha value is -5.77. The number of piperidine rings is 1. The Balaban J connectivity index is 1.26. The van der Waals surface area contributed by atoms with Crippen molar-refractivity contribution in [3.63, 3.8) is 0 Å². The van der Waals surface area contributed by atoms with Gasteiger partial charge in [-0.15, -0.1) is 0 Å². The number of aromatic nitrogens is 1. The van der Waals surface area contributed by atoms with Crippen molar-refractivity contribution in [1.29, 1.82) is 0 Å². The maximum absolute atomic E-state index is 14.8. The summed E-state index contributed by atoms with van der Waals surface area (Å²) in [5.41, 5.74) is -0.167. The number of phenols is 1. The van der Waals surface area contributed by atoms with Gasteiger partial charge in [-0.05, 0) is 75.0 Å². The number of fused-ring (bicyclic) bond motifs is 4. The second kappa shape index (κ2) is 18.7. The number of nitrogens with one attached hydrogen (secondary N) is 1. The van der Waals surface area contributed by atoms with E-state index < -0.39 is 58.9 Å². The monoisotopic (exact) mass is 921 g/mol. The minimum absolute atomic E-state index is 0.0134. The number of phenolic OH excluding ortho intramolecular Hbond substituents is 1. The van der Waals surface area contributed by atoms with Crippen LogP contribution in [0.15, 0.2) is 63.6 Å². The SMILES string of the molecule is CO[C@H]1/C=C/O[C@@]2(C)Oc3c(C)c(=O)c4c(O)c(c5oc6cc(OCCN7CC8CCC7C8)ccc6nc5c4c3C2=O)NC(=O)/C(C)=C\C=C\[C@H](C)[C@H](O)[C@@H](C)[C@@H](C)[C@@H](C)[C@H](OC(C)=O)[C@@H]1C. The fraction of sp³-hybridized carbons (Fsp3) is 0.519. The minimum atomic E-state index is -2.00. The van der Waals surface area contributed by atoms with Gasteiger partial charge in [-0.2, -0.15) is 0 Å². The number of aliphatic hydroxyl groups is 1. The van der Waals surface area contributed by atoms with E-state index in [9.17, 15) is 29.4 Å². The van der Waals surface area contributed by atoms with Crippen LogP contribution in [0.4, 0.5) is 5.69 Å². The number of carbonyl (C=O) groups is 3. The highest BCUT2D eigenvalue weighted by atomic mass is 16.7. The number of Topliss-reactive ketones (excluding diaryl/α,β-unsaturated/α-hetero) is 1. The summed E-state index contributed by atoms with van der Waals surface area (Å²) < 4.78 is 37.0. The molecule has 358 valence electrons. The first-order valence-corrected chi connectivity index (χ1v) is 23.4. The first kappa shape index (κ1) is 47.7. The van der Waals surface area contributed by atoms with Gasteiger partial charge in [-0.3, -0.25) is 24.1 Å². The van der Waals surface area contributed by atoms with E-state index in [4.69, 9.17) is 33.1 Å². The number of esters is 1. The van der Waals surface area contributed by atoms with E-state index in [1.807, 2.05) is 34.6 Å². The average Bonchev–Trinajstić information content (AvgIpc) is 4.01. The van der Waals surface area contributed by atoms with Crippen LogP contribution in [0.25, 0.3) is 33.0 Å². The molecule has 1 aromatic heterocycles. The molecule has 2 unspecified atom stereocenters. The summed E-state index contributed by atoms with van der Waals surface area (Å²) in [7, 11) is 1.51. The van der Waals surface area contributed by atoms with Crippen molar-refractivity contribution in [1.82, 2.24) is 9.88 Å². The van der Waals surface area contributed by atoms with Crippen LogP contribution in [0.5, 0.6) is 17.2 Å². The van der Waals surface area contributed by atoms with Crippen LogP contribution in [0.1, 0.15) is 90.6 Å². The Morgan fingerprint density at radius 2 is 1.78 bits per heavy atom. The normalized spacial score (nSPS) is 32.3. The van der Waals surface area contributed by atoms with Crippen molar-refractivity contribution < 1.29 is 52.7 Å². The summed E-state index contributed by atoms with van der Waals surface area (Å²) in [4.78, 5) is 63.2. The summed E-state index contributed by atoms with van der Waals surface area (Å²) >= 11 is 0. The number of rotatable bonds is 6. The molecule has 4 heterocycles. The third-order valence-corrected chi connectivity index (χ3v) is 15.1. The number of benzene rings is 3. The molecule has 1 saturated heterocycles. The van der Waals surface area contributed by atoms with Crippen molar-refractivity contribution in [3.05, 3.63) is 75.7 Å². The predicted octanol–water partition coefficient (Wildman–Crippen LogP) is 8.14. The summed E-state index contributed by atoms with van der Waals surface area (Å²) in [5.74, 6) is -4.58. The number of allylic oxidation sites excluding steroid dienone is 2. The topological polar surface area (TPSA) is 196 Å². The molecule has 4 aliphatic rings. The van der Waals surface area contributed by atoms with Gasteiger partial charge in [0, 0.05) is 74.5 Å². The number of hydrogen-bond acceptors (Lipinski definition) is 14. The van der Waals surface area contributed by atoms with Crippen molar-refractivity contribution >= 4 is 56.3 Å². The molecular formula is C52H63N3O12. The Morgan fingerprint density at radius 3 is 2.46 bits per heavy atom. The zero-order chi connectivity index (χ0) is 48.2. The zero-order valence-corrected chi connectivity index (χ0v) is 40.0. The third-order valence-electron chi connectivity index (χ3n) is 15.1. The highest BCUT2D eigenvalue weighted by Crippen LogP contribution is 2.49. The Bertz CT molecular complexity index is 2780. The van der Waals surface area contributed by atoms with E-state index in [2.05, 4.69) is 10.2 Å². The van der Waals surface area contributed by atoms with E-state index in [1.54, 1.807) is 49.4 Å². The molecule has 2 fully saturated rings. The zero-order valence-electron chi connectivity index (χ0n) is 40.0. The number of amides is 1. The molecule has 8 rings (SSSR count). The number of ketones is 1. The number of anilines is 1. The average molecular weight is 922 g/mol. The fourth-order valence-corrected chi connectivity index (χ4v) is 10.7.